The van der Waals surface area contributed by atoms with Crippen LogP contribution < -0.4 is 5.73 Å². The van der Waals surface area contributed by atoms with Crippen LogP contribution >= 0.6 is 0 Å². The van der Waals surface area contributed by atoms with Gasteiger partial charge in [-0.3, -0.25) is 0 Å². The Bertz CT molecular complexity index is 126. The molecule has 0 saturated heterocycles. The lowest BCUT2D eigenvalue weighted by Gasteiger charge is -2.31. The highest BCUT2D eigenvalue weighted by molar-refractivity contribution is 4.95. The average molecular weight is 157 g/mol. The van der Waals surface area contributed by atoms with Gasteiger partial charge in [0.25, 0.3) is 0 Å². The van der Waals surface area contributed by atoms with Crippen molar-refractivity contribution in [1.29, 1.82) is 0 Å². The van der Waals surface area contributed by atoms with E-state index in [1.807, 2.05) is 6.92 Å². The maximum atomic E-state index is 10.0. The van der Waals surface area contributed by atoms with Gasteiger partial charge in [0.15, 0.2) is 0 Å². The van der Waals surface area contributed by atoms with Crippen LogP contribution in [0.3, 0.4) is 0 Å². The van der Waals surface area contributed by atoms with E-state index in [0.29, 0.717) is 12.5 Å². The molecule has 0 heterocycles. The van der Waals surface area contributed by atoms with Gasteiger partial charge in [-0.2, -0.15) is 0 Å². The van der Waals surface area contributed by atoms with Crippen molar-refractivity contribution in [2.24, 2.45) is 17.6 Å². The predicted octanol–water partition coefficient (Wildman–Crippen LogP) is 1.13. The summed E-state index contributed by atoms with van der Waals surface area (Å²) >= 11 is 0. The zero-order valence-electron chi connectivity index (χ0n) is 7.51. The van der Waals surface area contributed by atoms with Crippen LogP contribution in [0, 0.1) is 11.8 Å². The smallest absolute Gasteiger partial charge is 0.0687 e. The summed E-state index contributed by atoms with van der Waals surface area (Å²) in [6.07, 6.45) is 3.35. The van der Waals surface area contributed by atoms with Gasteiger partial charge in [0.05, 0.1) is 5.60 Å². The Kier molecular flexibility index (Phi) is 2.55. The van der Waals surface area contributed by atoms with Crippen molar-refractivity contribution < 1.29 is 5.11 Å². The van der Waals surface area contributed by atoms with E-state index in [-0.39, 0.29) is 5.92 Å². The van der Waals surface area contributed by atoms with Crippen molar-refractivity contribution in [2.75, 3.05) is 6.54 Å². The minimum Gasteiger partial charge on any atom is -0.390 e. The van der Waals surface area contributed by atoms with Crippen molar-refractivity contribution in [3.8, 4) is 0 Å². The number of nitrogens with two attached hydrogens (primary N) is 1. The van der Waals surface area contributed by atoms with Crippen LogP contribution in [0.1, 0.15) is 33.1 Å². The lowest BCUT2D eigenvalue weighted by molar-refractivity contribution is -0.0199. The molecule has 0 spiro atoms. The number of aliphatic hydroxyl groups is 1. The molecule has 2 nitrogen and oxygen atoms in total. The van der Waals surface area contributed by atoms with Gasteiger partial charge < -0.3 is 10.8 Å². The Hall–Kier alpha value is -0.0800. The summed E-state index contributed by atoms with van der Waals surface area (Å²) in [6, 6.07) is 0. The molecule has 2 atom stereocenters. The normalized spacial score (nSPS) is 26.2. The van der Waals surface area contributed by atoms with E-state index < -0.39 is 5.60 Å². The third-order valence-electron chi connectivity index (χ3n) is 3.01. The summed E-state index contributed by atoms with van der Waals surface area (Å²) < 4.78 is 0. The second-order valence-electron chi connectivity index (χ2n) is 3.84. The molecule has 1 rings (SSSR count). The van der Waals surface area contributed by atoms with Gasteiger partial charge in [0, 0.05) is 0 Å². The minimum atomic E-state index is -0.497. The molecule has 1 fully saturated rings. The second kappa shape index (κ2) is 3.11. The monoisotopic (exact) mass is 157 g/mol. The molecule has 0 aromatic heterocycles. The Morgan fingerprint density at radius 1 is 1.64 bits per heavy atom. The van der Waals surface area contributed by atoms with E-state index in [9.17, 15) is 5.11 Å². The number of hydrogen-bond acceptors (Lipinski definition) is 2. The first-order valence-corrected chi connectivity index (χ1v) is 4.55. The molecule has 0 aliphatic heterocycles. The fraction of sp³-hybridized carbons (Fsp3) is 1.00. The topological polar surface area (TPSA) is 46.2 Å². The van der Waals surface area contributed by atoms with Crippen molar-refractivity contribution in [1.82, 2.24) is 0 Å². The SMILES string of the molecule is CCC(CN)C(C)(O)C1CC1. The fourth-order valence-electron chi connectivity index (χ4n) is 1.82. The van der Waals surface area contributed by atoms with Crippen LogP contribution in [0.15, 0.2) is 0 Å². The van der Waals surface area contributed by atoms with Gasteiger partial charge in [-0.05, 0) is 44.6 Å². The maximum absolute atomic E-state index is 10.0. The van der Waals surface area contributed by atoms with E-state index in [2.05, 4.69) is 6.92 Å². The molecule has 2 unspecified atom stereocenters. The van der Waals surface area contributed by atoms with Crippen molar-refractivity contribution >= 4 is 0 Å². The Labute approximate surface area is 68.8 Å². The highest BCUT2D eigenvalue weighted by Gasteiger charge is 2.43. The standard InChI is InChI=1S/C9H19NO/c1-3-7(6-10)9(2,11)8-4-5-8/h7-8,11H,3-6,10H2,1-2H3. The molecule has 2 heteroatoms. The van der Waals surface area contributed by atoms with Crippen LogP contribution in [0.25, 0.3) is 0 Å². The fourth-order valence-corrected chi connectivity index (χ4v) is 1.82. The quantitative estimate of drug-likeness (QED) is 0.642. The summed E-state index contributed by atoms with van der Waals surface area (Å²) in [5, 5.41) is 10.0. The summed E-state index contributed by atoms with van der Waals surface area (Å²) in [5.74, 6) is 0.811. The van der Waals surface area contributed by atoms with Crippen LogP contribution in [0.5, 0.6) is 0 Å². The predicted molar refractivity (Wildman–Crippen MR) is 46.2 cm³/mol. The van der Waals surface area contributed by atoms with Crippen molar-refractivity contribution in [3.05, 3.63) is 0 Å². The molecule has 66 valence electrons. The third kappa shape index (κ3) is 1.74. The van der Waals surface area contributed by atoms with Gasteiger partial charge in [0.2, 0.25) is 0 Å². The molecule has 1 aliphatic rings. The van der Waals surface area contributed by atoms with Crippen LogP contribution in [-0.2, 0) is 0 Å². The Morgan fingerprint density at radius 2 is 2.18 bits per heavy atom. The van der Waals surface area contributed by atoms with Crippen LogP contribution in [0.2, 0.25) is 0 Å². The molecular formula is C9H19NO. The lowest BCUT2D eigenvalue weighted by Crippen LogP contribution is -2.40. The summed E-state index contributed by atoms with van der Waals surface area (Å²) in [5.41, 5.74) is 5.08. The molecule has 0 bridgehead atoms. The van der Waals surface area contributed by atoms with Gasteiger partial charge in [0.1, 0.15) is 0 Å². The van der Waals surface area contributed by atoms with Crippen molar-refractivity contribution in [2.45, 2.75) is 38.7 Å². The van der Waals surface area contributed by atoms with E-state index >= 15 is 0 Å². The van der Waals surface area contributed by atoms with Crippen LogP contribution in [0.4, 0.5) is 0 Å². The molecule has 0 aromatic rings. The van der Waals surface area contributed by atoms with Gasteiger partial charge >= 0.3 is 0 Å². The average Bonchev–Trinajstić information content (AvgIpc) is 2.69. The van der Waals surface area contributed by atoms with Crippen molar-refractivity contribution in [3.63, 3.8) is 0 Å². The van der Waals surface area contributed by atoms with E-state index in [1.165, 1.54) is 12.8 Å². The summed E-state index contributed by atoms with van der Waals surface area (Å²) in [6.45, 7) is 4.64. The minimum absolute atomic E-state index is 0.287. The van der Waals surface area contributed by atoms with E-state index in [1.54, 1.807) is 0 Å². The molecule has 1 saturated carbocycles. The first-order valence-electron chi connectivity index (χ1n) is 4.55. The third-order valence-corrected chi connectivity index (χ3v) is 3.01. The zero-order valence-corrected chi connectivity index (χ0v) is 7.51. The molecule has 11 heavy (non-hydrogen) atoms. The first kappa shape index (κ1) is 9.01. The molecule has 0 radical (unpaired) electrons. The van der Waals surface area contributed by atoms with Crippen LogP contribution in [-0.4, -0.2) is 17.3 Å². The Morgan fingerprint density at radius 3 is 2.45 bits per heavy atom. The highest BCUT2D eigenvalue weighted by atomic mass is 16.3. The highest BCUT2D eigenvalue weighted by Crippen LogP contribution is 2.43. The number of rotatable bonds is 4. The van der Waals surface area contributed by atoms with E-state index in [4.69, 9.17) is 5.73 Å². The molecule has 0 aromatic carbocycles. The lowest BCUT2D eigenvalue weighted by atomic mass is 9.83. The zero-order chi connectivity index (χ0) is 8.48. The largest absolute Gasteiger partial charge is 0.390 e. The van der Waals surface area contributed by atoms with E-state index in [0.717, 1.165) is 6.42 Å². The second-order valence-corrected chi connectivity index (χ2v) is 3.84. The summed E-state index contributed by atoms with van der Waals surface area (Å²) in [4.78, 5) is 0. The van der Waals surface area contributed by atoms with Gasteiger partial charge in [-0.15, -0.1) is 0 Å². The molecule has 3 N–H and O–H groups in total. The molecule has 1 aliphatic carbocycles. The summed E-state index contributed by atoms with van der Waals surface area (Å²) in [7, 11) is 0. The molecular weight excluding hydrogens is 138 g/mol. The first-order chi connectivity index (χ1) is 5.12. The Balaban J connectivity index is 2.52. The van der Waals surface area contributed by atoms with Gasteiger partial charge in [-0.1, -0.05) is 6.92 Å². The van der Waals surface area contributed by atoms with Gasteiger partial charge in [-0.25, -0.2) is 0 Å². The number of hydrogen-bond donors (Lipinski definition) is 2. The maximum Gasteiger partial charge on any atom is 0.0687 e. The molecule has 0 amide bonds.